The van der Waals surface area contributed by atoms with Crippen LogP contribution in [0.3, 0.4) is 0 Å². The van der Waals surface area contributed by atoms with Crippen LogP contribution in [0.5, 0.6) is 5.75 Å². The highest BCUT2D eigenvalue weighted by molar-refractivity contribution is 7.99. The molecule has 3 heteroatoms. The van der Waals surface area contributed by atoms with Gasteiger partial charge in [-0.15, -0.1) is 0 Å². The van der Waals surface area contributed by atoms with E-state index in [1.54, 1.807) is 7.11 Å². The van der Waals surface area contributed by atoms with E-state index in [-0.39, 0.29) is 0 Å². The summed E-state index contributed by atoms with van der Waals surface area (Å²) in [5.74, 6) is 0.986. The van der Waals surface area contributed by atoms with E-state index in [0.717, 1.165) is 11.0 Å². The Morgan fingerprint density at radius 2 is 2.11 bits per heavy atom. The van der Waals surface area contributed by atoms with E-state index in [2.05, 4.69) is 30.6 Å². The van der Waals surface area contributed by atoms with Crippen LogP contribution < -0.4 is 10.1 Å². The fraction of sp³-hybridized carbons (Fsp3) is 0.625. The molecule has 0 aromatic heterocycles. The Morgan fingerprint density at radius 3 is 2.84 bits per heavy atom. The maximum Gasteiger partial charge on any atom is 0.123 e. The monoisotopic (exact) mass is 279 g/mol. The molecule has 2 nitrogen and oxygen atoms in total. The van der Waals surface area contributed by atoms with Crippen LogP contribution in [0.1, 0.15) is 44.2 Å². The van der Waals surface area contributed by atoms with Crippen LogP contribution in [-0.4, -0.2) is 24.7 Å². The van der Waals surface area contributed by atoms with Crippen LogP contribution in [0, 0.1) is 0 Å². The van der Waals surface area contributed by atoms with Gasteiger partial charge < -0.3 is 10.1 Å². The molecule has 3 unspecified atom stereocenters. The average molecular weight is 279 g/mol. The Kier molecular flexibility index (Phi) is 5.59. The summed E-state index contributed by atoms with van der Waals surface area (Å²) in [6.45, 7) is 2.24. The molecule has 1 aliphatic rings. The second kappa shape index (κ2) is 7.20. The van der Waals surface area contributed by atoms with Crippen molar-refractivity contribution in [2.75, 3.05) is 13.4 Å². The fourth-order valence-electron chi connectivity index (χ4n) is 2.98. The van der Waals surface area contributed by atoms with Crippen LogP contribution in [0.25, 0.3) is 0 Å². The van der Waals surface area contributed by atoms with E-state index in [1.807, 2.05) is 23.9 Å². The molecule has 106 valence electrons. The van der Waals surface area contributed by atoms with Gasteiger partial charge in [-0.05, 0) is 38.5 Å². The first-order chi connectivity index (χ1) is 9.24. The predicted molar refractivity (Wildman–Crippen MR) is 84.1 cm³/mol. The van der Waals surface area contributed by atoms with Crippen molar-refractivity contribution in [2.45, 2.75) is 49.9 Å². The van der Waals surface area contributed by atoms with Crippen LogP contribution in [0.15, 0.2) is 24.3 Å². The van der Waals surface area contributed by atoms with Gasteiger partial charge in [0, 0.05) is 22.9 Å². The van der Waals surface area contributed by atoms with Crippen molar-refractivity contribution < 1.29 is 4.74 Å². The molecule has 19 heavy (non-hydrogen) atoms. The number of ether oxygens (including phenoxy) is 1. The van der Waals surface area contributed by atoms with Crippen molar-refractivity contribution in [3.63, 3.8) is 0 Å². The number of nitrogens with one attached hydrogen (secondary N) is 1. The highest BCUT2D eigenvalue weighted by Crippen LogP contribution is 2.30. The summed E-state index contributed by atoms with van der Waals surface area (Å²) in [5.41, 5.74) is 1.26. The maximum absolute atomic E-state index is 5.45. The minimum Gasteiger partial charge on any atom is -0.496 e. The van der Waals surface area contributed by atoms with Crippen LogP contribution in [-0.2, 0) is 0 Å². The lowest BCUT2D eigenvalue weighted by Gasteiger charge is -2.31. The molecule has 1 aromatic rings. The molecule has 0 radical (unpaired) electrons. The third-order valence-corrected chi connectivity index (χ3v) is 5.15. The number of rotatable bonds is 5. The van der Waals surface area contributed by atoms with E-state index in [1.165, 1.54) is 31.2 Å². The lowest BCUT2D eigenvalue weighted by Crippen LogP contribution is -2.36. The number of thioether (sulfide) groups is 1. The van der Waals surface area contributed by atoms with Gasteiger partial charge in [0.15, 0.2) is 0 Å². The SMILES string of the molecule is COc1ccccc1C(C)NC1CCCC(SC)C1. The molecule has 1 aliphatic carbocycles. The van der Waals surface area contributed by atoms with Crippen LogP contribution in [0.2, 0.25) is 0 Å². The molecule has 1 saturated carbocycles. The zero-order valence-corrected chi connectivity index (χ0v) is 13.0. The van der Waals surface area contributed by atoms with E-state index < -0.39 is 0 Å². The molecule has 0 aliphatic heterocycles. The number of para-hydroxylation sites is 1. The standard InChI is InChI=1S/C16H25NOS/c1-12(15-9-4-5-10-16(15)18-2)17-13-7-6-8-14(11-13)19-3/h4-5,9-10,12-14,17H,6-8,11H2,1-3H3. The predicted octanol–water partition coefficient (Wildman–Crippen LogP) is 4.02. The van der Waals surface area contributed by atoms with Gasteiger partial charge in [-0.3, -0.25) is 0 Å². The number of benzene rings is 1. The third kappa shape index (κ3) is 3.90. The zero-order valence-electron chi connectivity index (χ0n) is 12.2. The van der Waals surface area contributed by atoms with Crippen molar-refractivity contribution >= 4 is 11.8 Å². The number of methoxy groups -OCH3 is 1. The summed E-state index contributed by atoms with van der Waals surface area (Å²) in [4.78, 5) is 0. The largest absolute Gasteiger partial charge is 0.496 e. The molecule has 2 rings (SSSR count). The molecule has 3 atom stereocenters. The quantitative estimate of drug-likeness (QED) is 0.879. The highest BCUT2D eigenvalue weighted by atomic mass is 32.2. The summed E-state index contributed by atoms with van der Waals surface area (Å²) < 4.78 is 5.45. The van der Waals surface area contributed by atoms with E-state index >= 15 is 0 Å². The van der Waals surface area contributed by atoms with Gasteiger partial charge in [-0.2, -0.15) is 11.8 Å². The third-order valence-electron chi connectivity index (χ3n) is 4.05. The summed E-state index contributed by atoms with van der Waals surface area (Å²) in [6, 6.07) is 9.30. The molecule has 0 saturated heterocycles. The van der Waals surface area contributed by atoms with Crippen LogP contribution >= 0.6 is 11.8 Å². The molecule has 0 bridgehead atoms. The normalized spacial score (nSPS) is 25.0. The topological polar surface area (TPSA) is 21.3 Å². The van der Waals surface area contributed by atoms with E-state index in [4.69, 9.17) is 4.74 Å². The number of hydrogen-bond donors (Lipinski definition) is 1. The van der Waals surface area contributed by atoms with E-state index in [9.17, 15) is 0 Å². The van der Waals surface area contributed by atoms with Crippen molar-refractivity contribution in [3.05, 3.63) is 29.8 Å². The summed E-state index contributed by atoms with van der Waals surface area (Å²) in [7, 11) is 1.75. The Labute approximate surface area is 121 Å². The fourth-order valence-corrected chi connectivity index (χ4v) is 3.81. The Bertz CT molecular complexity index is 396. The average Bonchev–Trinajstić information content (AvgIpc) is 2.47. The molecule has 1 N–H and O–H groups in total. The lowest BCUT2D eigenvalue weighted by molar-refractivity contribution is 0.344. The molecular weight excluding hydrogens is 254 g/mol. The minimum absolute atomic E-state index is 0.349. The molecule has 0 amide bonds. The van der Waals surface area contributed by atoms with Crippen molar-refractivity contribution in [1.29, 1.82) is 0 Å². The number of hydrogen-bond acceptors (Lipinski definition) is 3. The first kappa shape index (κ1) is 14.7. The lowest BCUT2D eigenvalue weighted by atomic mass is 9.93. The maximum atomic E-state index is 5.45. The summed E-state index contributed by atoms with van der Waals surface area (Å²) in [6.07, 6.45) is 7.55. The molecule has 0 heterocycles. The zero-order chi connectivity index (χ0) is 13.7. The highest BCUT2D eigenvalue weighted by Gasteiger charge is 2.23. The molecule has 1 aromatic carbocycles. The second-order valence-electron chi connectivity index (χ2n) is 5.35. The molecular formula is C16H25NOS. The first-order valence-corrected chi connectivity index (χ1v) is 8.45. The van der Waals surface area contributed by atoms with Gasteiger partial charge in [0.2, 0.25) is 0 Å². The molecule has 0 spiro atoms. The van der Waals surface area contributed by atoms with Crippen molar-refractivity contribution in [2.24, 2.45) is 0 Å². The van der Waals surface area contributed by atoms with Gasteiger partial charge in [0.1, 0.15) is 5.75 Å². The van der Waals surface area contributed by atoms with Gasteiger partial charge in [0.25, 0.3) is 0 Å². The van der Waals surface area contributed by atoms with E-state index in [0.29, 0.717) is 12.1 Å². The van der Waals surface area contributed by atoms with Gasteiger partial charge >= 0.3 is 0 Å². The van der Waals surface area contributed by atoms with Gasteiger partial charge in [0.05, 0.1) is 7.11 Å². The van der Waals surface area contributed by atoms with Gasteiger partial charge in [-0.25, -0.2) is 0 Å². The smallest absolute Gasteiger partial charge is 0.123 e. The Hall–Kier alpha value is -0.670. The summed E-state index contributed by atoms with van der Waals surface area (Å²) >= 11 is 2.02. The van der Waals surface area contributed by atoms with Crippen molar-refractivity contribution in [3.8, 4) is 5.75 Å². The van der Waals surface area contributed by atoms with Crippen LogP contribution in [0.4, 0.5) is 0 Å². The Balaban J connectivity index is 1.98. The Morgan fingerprint density at radius 1 is 1.32 bits per heavy atom. The first-order valence-electron chi connectivity index (χ1n) is 7.16. The van der Waals surface area contributed by atoms with Gasteiger partial charge in [-0.1, -0.05) is 24.6 Å². The second-order valence-corrected chi connectivity index (χ2v) is 6.49. The summed E-state index contributed by atoms with van der Waals surface area (Å²) in [5, 5.41) is 4.61. The van der Waals surface area contributed by atoms with Crippen molar-refractivity contribution in [1.82, 2.24) is 5.32 Å². The minimum atomic E-state index is 0.349. The molecule has 1 fully saturated rings.